The van der Waals surface area contributed by atoms with E-state index in [1.165, 1.54) is 12.1 Å². The summed E-state index contributed by atoms with van der Waals surface area (Å²) in [6, 6.07) is 6.26. The van der Waals surface area contributed by atoms with E-state index in [0.29, 0.717) is 37.1 Å². The molecule has 1 aromatic carbocycles. The van der Waals surface area contributed by atoms with Crippen molar-refractivity contribution >= 4 is 24.0 Å². The average Bonchev–Trinajstić information content (AvgIpc) is 2.68. The number of hydrazine groups is 1. The smallest absolute Gasteiger partial charge is 0.272 e. The first-order valence-electron chi connectivity index (χ1n) is 8.86. The van der Waals surface area contributed by atoms with E-state index >= 15 is 0 Å². The van der Waals surface area contributed by atoms with Crippen LogP contribution in [0.1, 0.15) is 41.5 Å². The first kappa shape index (κ1) is 21.2. The fourth-order valence-electron chi connectivity index (χ4n) is 2.37. The molecule has 0 unspecified atom stereocenters. The summed E-state index contributed by atoms with van der Waals surface area (Å²) in [5.74, 6) is 0.136. The third-order valence-corrected chi connectivity index (χ3v) is 3.86. The van der Waals surface area contributed by atoms with Gasteiger partial charge in [0.15, 0.2) is 11.5 Å². The van der Waals surface area contributed by atoms with Gasteiger partial charge >= 0.3 is 0 Å². The molecule has 0 fully saturated rings. The summed E-state index contributed by atoms with van der Waals surface area (Å²) >= 11 is 5.06. The molecule has 9 heteroatoms. The number of amides is 2. The minimum Gasteiger partial charge on any atom is -0.490 e. The quantitative estimate of drug-likeness (QED) is 0.461. The zero-order valence-electron chi connectivity index (χ0n) is 16.0. The van der Waals surface area contributed by atoms with Crippen LogP contribution < -0.4 is 25.1 Å². The second-order valence-electron chi connectivity index (χ2n) is 5.42. The maximum atomic E-state index is 12.5. The van der Waals surface area contributed by atoms with Crippen LogP contribution >= 0.6 is 12.2 Å². The van der Waals surface area contributed by atoms with Crippen LogP contribution in [0, 0.1) is 4.64 Å². The monoisotopic (exact) mass is 405 g/mol. The van der Waals surface area contributed by atoms with E-state index < -0.39 is 11.8 Å². The highest BCUT2D eigenvalue weighted by Gasteiger charge is 2.19. The van der Waals surface area contributed by atoms with E-state index in [1.54, 1.807) is 18.3 Å². The van der Waals surface area contributed by atoms with Crippen molar-refractivity contribution in [2.45, 2.75) is 20.8 Å². The minimum absolute atomic E-state index is 0.244. The Labute approximate surface area is 168 Å². The lowest BCUT2D eigenvalue weighted by Crippen LogP contribution is -2.41. The highest BCUT2D eigenvalue weighted by atomic mass is 32.1. The molecule has 28 heavy (non-hydrogen) atoms. The highest BCUT2D eigenvalue weighted by molar-refractivity contribution is 7.71. The van der Waals surface area contributed by atoms with Crippen LogP contribution in [-0.2, 0) is 0 Å². The summed E-state index contributed by atoms with van der Waals surface area (Å²) < 4.78 is 17.1. The van der Waals surface area contributed by atoms with Gasteiger partial charge in [-0.25, -0.2) is 0 Å². The van der Waals surface area contributed by atoms with E-state index in [9.17, 15) is 9.59 Å². The Bertz CT molecular complexity index is 870. The zero-order valence-corrected chi connectivity index (χ0v) is 16.8. The van der Waals surface area contributed by atoms with Crippen LogP contribution in [0.25, 0.3) is 0 Å². The van der Waals surface area contributed by atoms with Crippen LogP contribution in [0.15, 0.2) is 30.5 Å². The van der Waals surface area contributed by atoms with Gasteiger partial charge in [0.2, 0.25) is 5.75 Å². The number of aromatic nitrogens is 1. The molecule has 0 aliphatic carbocycles. The van der Waals surface area contributed by atoms with E-state index in [0.717, 1.165) is 0 Å². The van der Waals surface area contributed by atoms with Gasteiger partial charge in [-0.1, -0.05) is 12.2 Å². The Kier molecular flexibility index (Phi) is 7.82. The Morgan fingerprint density at radius 2 is 1.54 bits per heavy atom. The van der Waals surface area contributed by atoms with Gasteiger partial charge < -0.3 is 19.2 Å². The molecule has 0 saturated heterocycles. The number of rotatable bonds is 8. The highest BCUT2D eigenvalue weighted by Crippen LogP contribution is 2.39. The fourth-order valence-corrected chi connectivity index (χ4v) is 2.60. The van der Waals surface area contributed by atoms with Crippen molar-refractivity contribution in [3.8, 4) is 17.2 Å². The van der Waals surface area contributed by atoms with Crippen molar-refractivity contribution in [1.82, 2.24) is 15.8 Å². The predicted octanol–water partition coefficient (Wildman–Crippen LogP) is 3.02. The van der Waals surface area contributed by atoms with Crippen molar-refractivity contribution in [2.24, 2.45) is 0 Å². The van der Waals surface area contributed by atoms with Gasteiger partial charge in [-0.15, -0.1) is 0 Å². The molecule has 0 spiro atoms. The molecule has 150 valence electrons. The molecule has 0 aliphatic heterocycles. The molecule has 0 radical (unpaired) electrons. The maximum absolute atomic E-state index is 12.5. The molecule has 0 atom stereocenters. The molecule has 0 bridgehead atoms. The Morgan fingerprint density at radius 3 is 2.07 bits per heavy atom. The van der Waals surface area contributed by atoms with Crippen LogP contribution in [0.5, 0.6) is 17.2 Å². The second-order valence-corrected chi connectivity index (χ2v) is 5.83. The standard InChI is InChI=1S/C19H23N3O5S/c1-4-25-14-10-12(11-15(26-5-2)16(14)27-6-3)17(23)21-22-18(24)13-8-7-9-20-19(13)28/h7-11H,4-6H2,1-3H3,(H,20,28)(H,21,23)(H,22,24). The van der Waals surface area contributed by atoms with Crippen molar-refractivity contribution in [1.29, 1.82) is 0 Å². The molecule has 2 amide bonds. The summed E-state index contributed by atoms with van der Waals surface area (Å²) in [6.07, 6.45) is 1.61. The maximum Gasteiger partial charge on any atom is 0.272 e. The van der Waals surface area contributed by atoms with E-state index in [4.69, 9.17) is 26.4 Å². The fraction of sp³-hybridized carbons (Fsp3) is 0.316. The molecule has 1 aromatic heterocycles. The molecule has 0 saturated carbocycles. The summed E-state index contributed by atoms with van der Waals surface area (Å²) in [5.41, 5.74) is 5.20. The Morgan fingerprint density at radius 1 is 0.964 bits per heavy atom. The third-order valence-electron chi connectivity index (χ3n) is 3.52. The van der Waals surface area contributed by atoms with Crippen molar-refractivity contribution in [2.75, 3.05) is 19.8 Å². The van der Waals surface area contributed by atoms with Crippen LogP contribution in [-0.4, -0.2) is 36.6 Å². The molecule has 8 nitrogen and oxygen atoms in total. The van der Waals surface area contributed by atoms with Crippen molar-refractivity contribution in [3.05, 3.63) is 46.2 Å². The van der Waals surface area contributed by atoms with Crippen molar-refractivity contribution < 1.29 is 23.8 Å². The largest absolute Gasteiger partial charge is 0.490 e. The molecule has 2 rings (SSSR count). The molecular weight excluding hydrogens is 382 g/mol. The number of hydrogen-bond donors (Lipinski definition) is 3. The van der Waals surface area contributed by atoms with Crippen LogP contribution in [0.3, 0.4) is 0 Å². The number of ether oxygens (including phenoxy) is 3. The zero-order chi connectivity index (χ0) is 20.5. The number of hydrogen-bond acceptors (Lipinski definition) is 6. The predicted molar refractivity (Wildman–Crippen MR) is 107 cm³/mol. The molecule has 1 heterocycles. The van der Waals surface area contributed by atoms with Gasteiger partial charge in [-0.05, 0) is 45.0 Å². The number of carbonyl (C=O) groups excluding carboxylic acids is 2. The third kappa shape index (κ3) is 5.23. The number of aromatic amines is 1. The lowest BCUT2D eigenvalue weighted by Gasteiger charge is -2.17. The van der Waals surface area contributed by atoms with E-state index in [-0.39, 0.29) is 15.8 Å². The van der Waals surface area contributed by atoms with Crippen LogP contribution in [0.2, 0.25) is 0 Å². The topological polar surface area (TPSA) is 102 Å². The van der Waals surface area contributed by atoms with Gasteiger partial charge in [0.25, 0.3) is 11.8 Å². The van der Waals surface area contributed by atoms with E-state index in [2.05, 4.69) is 15.8 Å². The summed E-state index contributed by atoms with van der Waals surface area (Å²) in [4.78, 5) is 27.5. The summed E-state index contributed by atoms with van der Waals surface area (Å²) in [5, 5.41) is 0. The first-order chi connectivity index (χ1) is 13.5. The number of carbonyl (C=O) groups is 2. The number of pyridine rings is 1. The molecule has 2 aromatic rings. The van der Waals surface area contributed by atoms with Gasteiger partial charge in [0.1, 0.15) is 4.64 Å². The average molecular weight is 405 g/mol. The molecule has 3 N–H and O–H groups in total. The van der Waals surface area contributed by atoms with Gasteiger partial charge in [-0.3, -0.25) is 20.4 Å². The Balaban J connectivity index is 2.23. The van der Waals surface area contributed by atoms with Gasteiger partial charge in [0, 0.05) is 11.8 Å². The second kappa shape index (κ2) is 10.3. The summed E-state index contributed by atoms with van der Waals surface area (Å²) in [6.45, 7) is 6.69. The Hall–Kier alpha value is -3.07. The minimum atomic E-state index is -0.538. The number of benzene rings is 1. The van der Waals surface area contributed by atoms with Gasteiger partial charge in [-0.2, -0.15) is 0 Å². The van der Waals surface area contributed by atoms with Crippen molar-refractivity contribution in [3.63, 3.8) is 0 Å². The summed E-state index contributed by atoms with van der Waals surface area (Å²) in [7, 11) is 0. The normalized spacial score (nSPS) is 10.1. The van der Waals surface area contributed by atoms with E-state index in [1.807, 2.05) is 20.8 Å². The SMILES string of the molecule is CCOc1cc(C(=O)NNC(=O)c2ccc[nH]c2=S)cc(OCC)c1OCC. The molecule has 0 aliphatic rings. The number of H-pyrrole nitrogens is 1. The lowest BCUT2D eigenvalue weighted by atomic mass is 10.1. The van der Waals surface area contributed by atoms with Gasteiger partial charge in [0.05, 0.1) is 25.4 Å². The molecular formula is C19H23N3O5S. The lowest BCUT2D eigenvalue weighted by molar-refractivity contribution is 0.0845. The van der Waals surface area contributed by atoms with Crippen LogP contribution in [0.4, 0.5) is 0 Å². The number of nitrogens with one attached hydrogen (secondary N) is 3. The first-order valence-corrected chi connectivity index (χ1v) is 9.27.